The van der Waals surface area contributed by atoms with Gasteiger partial charge in [-0.2, -0.15) is 0 Å². The van der Waals surface area contributed by atoms with Gasteiger partial charge < -0.3 is 5.11 Å². The molecule has 4 aromatic rings. The molecule has 144 valence electrons. The minimum atomic E-state index is -0.958. The molecule has 0 bridgehead atoms. The summed E-state index contributed by atoms with van der Waals surface area (Å²) in [6.07, 6.45) is 0. The minimum absolute atomic E-state index is 0.242. The van der Waals surface area contributed by atoms with E-state index in [2.05, 4.69) is 25.9 Å². The van der Waals surface area contributed by atoms with Crippen molar-refractivity contribution in [2.24, 2.45) is 0 Å². The molecule has 29 heavy (non-hydrogen) atoms. The fourth-order valence-corrected chi connectivity index (χ4v) is 4.04. The molecular weight excluding hydrogens is 455 g/mol. The Morgan fingerprint density at radius 1 is 1.00 bits per heavy atom. The minimum Gasteiger partial charge on any atom is -0.478 e. The van der Waals surface area contributed by atoms with Crippen molar-refractivity contribution in [3.63, 3.8) is 0 Å². The van der Waals surface area contributed by atoms with Crippen LogP contribution >= 0.6 is 27.7 Å². The van der Waals surface area contributed by atoms with Crippen molar-refractivity contribution in [2.75, 3.05) is 0 Å². The van der Waals surface area contributed by atoms with Crippen LogP contribution in [-0.4, -0.2) is 21.0 Å². The van der Waals surface area contributed by atoms with E-state index < -0.39 is 5.97 Å². The van der Waals surface area contributed by atoms with E-state index in [1.165, 1.54) is 23.9 Å². The SMILES string of the molecule is O=C(O)c1ccc(CSc2nc(-c3ccc(Br)cc3)nc3ccc(F)cc23)cc1. The van der Waals surface area contributed by atoms with Crippen molar-refractivity contribution in [3.05, 3.63) is 88.1 Å². The summed E-state index contributed by atoms with van der Waals surface area (Å²) in [7, 11) is 0. The molecule has 0 saturated carbocycles. The van der Waals surface area contributed by atoms with Crippen LogP contribution in [0.3, 0.4) is 0 Å². The van der Waals surface area contributed by atoms with Gasteiger partial charge in [0.15, 0.2) is 5.82 Å². The Hall–Kier alpha value is -2.77. The molecule has 3 aromatic carbocycles. The molecule has 1 heterocycles. The molecule has 0 fully saturated rings. The van der Waals surface area contributed by atoms with Crippen molar-refractivity contribution in [3.8, 4) is 11.4 Å². The van der Waals surface area contributed by atoms with Gasteiger partial charge in [0.1, 0.15) is 10.8 Å². The van der Waals surface area contributed by atoms with Gasteiger partial charge in [0, 0.05) is 21.2 Å². The van der Waals surface area contributed by atoms with Gasteiger partial charge in [-0.05, 0) is 48.0 Å². The Morgan fingerprint density at radius 3 is 2.41 bits per heavy atom. The molecule has 0 aliphatic carbocycles. The van der Waals surface area contributed by atoms with Crippen LogP contribution < -0.4 is 0 Å². The molecule has 1 aromatic heterocycles. The Kier molecular flexibility index (Phi) is 5.60. The zero-order valence-electron chi connectivity index (χ0n) is 15.0. The van der Waals surface area contributed by atoms with Crippen molar-refractivity contribution in [1.29, 1.82) is 0 Å². The summed E-state index contributed by atoms with van der Waals surface area (Å²) in [5.41, 5.74) is 2.73. The maximum Gasteiger partial charge on any atom is 0.335 e. The van der Waals surface area contributed by atoms with E-state index in [0.717, 1.165) is 15.6 Å². The predicted molar refractivity (Wildman–Crippen MR) is 116 cm³/mol. The molecule has 0 amide bonds. The standard InChI is InChI=1S/C22H14BrFN2O2S/c23-16-7-5-14(6-8-16)20-25-19-10-9-17(24)11-18(19)21(26-20)29-12-13-1-3-15(4-2-13)22(27)28/h1-11H,12H2,(H,27,28). The number of nitrogens with zero attached hydrogens (tertiary/aromatic N) is 2. The first-order valence-corrected chi connectivity index (χ1v) is 10.5. The van der Waals surface area contributed by atoms with Crippen LogP contribution in [0.1, 0.15) is 15.9 Å². The van der Waals surface area contributed by atoms with E-state index in [1.807, 2.05) is 24.3 Å². The van der Waals surface area contributed by atoms with Crippen molar-refractivity contribution in [1.82, 2.24) is 9.97 Å². The Bertz CT molecular complexity index is 1200. The summed E-state index contributed by atoms with van der Waals surface area (Å²) < 4.78 is 14.8. The van der Waals surface area contributed by atoms with E-state index in [0.29, 0.717) is 27.5 Å². The van der Waals surface area contributed by atoms with E-state index >= 15 is 0 Å². The summed E-state index contributed by atoms with van der Waals surface area (Å²) in [6.45, 7) is 0. The molecule has 1 N–H and O–H groups in total. The summed E-state index contributed by atoms with van der Waals surface area (Å²) in [4.78, 5) is 20.3. The van der Waals surface area contributed by atoms with Gasteiger partial charge in [-0.1, -0.05) is 40.2 Å². The van der Waals surface area contributed by atoms with Gasteiger partial charge >= 0.3 is 5.97 Å². The van der Waals surface area contributed by atoms with Crippen LogP contribution in [0.15, 0.2) is 76.2 Å². The summed E-state index contributed by atoms with van der Waals surface area (Å²) in [5.74, 6) is -0.159. The van der Waals surface area contributed by atoms with E-state index in [9.17, 15) is 9.18 Å². The van der Waals surface area contributed by atoms with E-state index in [1.54, 1.807) is 30.3 Å². The zero-order chi connectivity index (χ0) is 20.4. The average molecular weight is 469 g/mol. The van der Waals surface area contributed by atoms with Gasteiger partial charge in [0.2, 0.25) is 0 Å². The number of hydrogen-bond acceptors (Lipinski definition) is 4. The fraction of sp³-hybridized carbons (Fsp3) is 0.0455. The number of halogens is 2. The van der Waals surface area contributed by atoms with Crippen molar-refractivity contribution in [2.45, 2.75) is 10.8 Å². The molecule has 0 radical (unpaired) electrons. The van der Waals surface area contributed by atoms with Crippen LogP contribution in [0.4, 0.5) is 4.39 Å². The number of carboxylic acids is 1. The predicted octanol–water partition coefficient (Wildman–Crippen LogP) is 6.19. The number of aromatic carboxylic acids is 1. The Morgan fingerprint density at radius 2 is 1.72 bits per heavy atom. The first kappa shape index (κ1) is 19.5. The smallest absolute Gasteiger partial charge is 0.335 e. The largest absolute Gasteiger partial charge is 0.478 e. The van der Waals surface area contributed by atoms with Crippen LogP contribution in [-0.2, 0) is 5.75 Å². The maximum atomic E-state index is 13.8. The topological polar surface area (TPSA) is 63.1 Å². The number of benzene rings is 3. The van der Waals surface area contributed by atoms with Crippen LogP contribution in [0, 0.1) is 5.82 Å². The van der Waals surface area contributed by atoms with E-state index in [-0.39, 0.29) is 11.4 Å². The molecule has 0 aliphatic rings. The Labute approximate surface area is 179 Å². The quantitative estimate of drug-likeness (QED) is 0.279. The second-order valence-corrected chi connectivity index (χ2v) is 8.19. The normalized spacial score (nSPS) is 11.0. The maximum absolute atomic E-state index is 13.8. The number of fused-ring (bicyclic) bond motifs is 1. The molecule has 0 spiro atoms. The third kappa shape index (κ3) is 4.46. The second-order valence-electron chi connectivity index (χ2n) is 6.31. The lowest BCUT2D eigenvalue weighted by Crippen LogP contribution is -1.96. The van der Waals surface area contributed by atoms with Crippen LogP contribution in [0.25, 0.3) is 22.3 Å². The van der Waals surface area contributed by atoms with Gasteiger partial charge in [-0.15, -0.1) is 11.8 Å². The molecule has 0 unspecified atom stereocenters. The summed E-state index contributed by atoms with van der Waals surface area (Å²) >= 11 is 4.89. The van der Waals surface area contributed by atoms with Gasteiger partial charge in [-0.3, -0.25) is 0 Å². The van der Waals surface area contributed by atoms with Gasteiger partial charge in [0.05, 0.1) is 11.1 Å². The highest BCUT2D eigenvalue weighted by Gasteiger charge is 2.12. The van der Waals surface area contributed by atoms with Crippen molar-refractivity contribution >= 4 is 44.6 Å². The number of aromatic nitrogens is 2. The lowest BCUT2D eigenvalue weighted by Gasteiger charge is -2.09. The first-order valence-electron chi connectivity index (χ1n) is 8.68. The van der Waals surface area contributed by atoms with Crippen LogP contribution in [0.2, 0.25) is 0 Å². The third-order valence-corrected chi connectivity index (χ3v) is 5.89. The number of hydrogen-bond donors (Lipinski definition) is 1. The molecule has 0 atom stereocenters. The third-order valence-electron chi connectivity index (χ3n) is 4.30. The lowest BCUT2D eigenvalue weighted by molar-refractivity contribution is 0.0697. The Balaban J connectivity index is 1.70. The molecular formula is C22H14BrFN2O2S. The highest BCUT2D eigenvalue weighted by molar-refractivity contribution is 9.10. The number of carbonyl (C=O) groups is 1. The molecule has 0 aliphatic heterocycles. The molecule has 0 saturated heterocycles. The molecule has 4 rings (SSSR count). The summed E-state index contributed by atoms with van der Waals surface area (Å²) in [6, 6.07) is 18.9. The highest BCUT2D eigenvalue weighted by atomic mass is 79.9. The molecule has 4 nitrogen and oxygen atoms in total. The van der Waals surface area contributed by atoms with Gasteiger partial charge in [-0.25, -0.2) is 19.2 Å². The fourth-order valence-electron chi connectivity index (χ4n) is 2.81. The van der Waals surface area contributed by atoms with Crippen molar-refractivity contribution < 1.29 is 14.3 Å². The summed E-state index contributed by atoms with van der Waals surface area (Å²) in [5, 5.41) is 10.3. The number of thioether (sulfide) groups is 1. The average Bonchev–Trinajstić information content (AvgIpc) is 2.73. The zero-order valence-corrected chi connectivity index (χ0v) is 17.4. The van der Waals surface area contributed by atoms with E-state index in [4.69, 9.17) is 5.11 Å². The van der Waals surface area contributed by atoms with Gasteiger partial charge in [0.25, 0.3) is 0 Å². The number of carboxylic acid groups (broad SMARTS) is 1. The molecule has 7 heteroatoms. The second kappa shape index (κ2) is 8.31. The first-order chi connectivity index (χ1) is 14.0. The monoisotopic (exact) mass is 468 g/mol. The lowest BCUT2D eigenvalue weighted by atomic mass is 10.1. The van der Waals surface area contributed by atoms with Crippen LogP contribution in [0.5, 0.6) is 0 Å². The highest BCUT2D eigenvalue weighted by Crippen LogP contribution is 2.31. The number of rotatable bonds is 5.